The number of hydrogen-bond acceptors (Lipinski definition) is 3. The highest BCUT2D eigenvalue weighted by atomic mass is 79.9. The zero-order chi connectivity index (χ0) is 14.8. The molecule has 2 aromatic carbocycles. The highest BCUT2D eigenvalue weighted by molar-refractivity contribution is 9.10. The Balaban J connectivity index is 1.82. The lowest BCUT2D eigenvalue weighted by Crippen LogP contribution is -2.28. The third-order valence-corrected chi connectivity index (χ3v) is 3.89. The molecule has 1 heterocycles. The molecule has 0 aromatic heterocycles. The third kappa shape index (κ3) is 3.03. The second-order valence-corrected chi connectivity index (χ2v) is 5.83. The number of carbonyl (C=O) groups excluding carboxylic acids is 1. The molecule has 0 radical (unpaired) electrons. The second-order valence-electron chi connectivity index (χ2n) is 4.92. The molecule has 1 aliphatic heterocycles. The first-order valence-electron chi connectivity index (χ1n) is 6.68. The molecule has 5 heteroatoms. The molecule has 0 unspecified atom stereocenters. The maximum absolute atomic E-state index is 12.2. The topological polar surface area (TPSA) is 41.6 Å². The number of likely N-dealkylation sites (N-methyl/N-ethyl adjacent to an activating group) is 1. The van der Waals surface area contributed by atoms with E-state index in [0.717, 1.165) is 28.1 Å². The molecule has 2 aromatic rings. The smallest absolute Gasteiger partial charge is 0.255 e. The summed E-state index contributed by atoms with van der Waals surface area (Å²) in [4.78, 5) is 14.4. The molecule has 0 atom stereocenters. The van der Waals surface area contributed by atoms with Crippen LogP contribution in [-0.4, -0.2) is 26.1 Å². The van der Waals surface area contributed by atoms with Crippen LogP contribution in [-0.2, 0) is 0 Å². The second kappa shape index (κ2) is 5.77. The van der Waals surface area contributed by atoms with Crippen LogP contribution in [0.25, 0.3) is 0 Å². The molecule has 0 saturated heterocycles. The Morgan fingerprint density at radius 2 is 2.14 bits per heavy atom. The summed E-state index contributed by atoms with van der Waals surface area (Å²) in [6.45, 7) is 1.53. The Labute approximate surface area is 131 Å². The number of fused-ring (bicyclic) bond motifs is 1. The number of hydrogen-bond donors (Lipinski definition) is 1. The zero-order valence-electron chi connectivity index (χ0n) is 11.6. The van der Waals surface area contributed by atoms with Gasteiger partial charge in [0.05, 0.1) is 12.2 Å². The van der Waals surface area contributed by atoms with Crippen LogP contribution in [0.1, 0.15) is 10.4 Å². The van der Waals surface area contributed by atoms with Crippen LogP contribution >= 0.6 is 15.9 Å². The van der Waals surface area contributed by atoms with Gasteiger partial charge in [0.25, 0.3) is 5.91 Å². The molecule has 4 nitrogen and oxygen atoms in total. The average molecular weight is 347 g/mol. The van der Waals surface area contributed by atoms with Crippen LogP contribution in [0.4, 0.5) is 11.4 Å². The first-order valence-corrected chi connectivity index (χ1v) is 7.48. The number of benzene rings is 2. The minimum absolute atomic E-state index is 0.129. The highest BCUT2D eigenvalue weighted by Crippen LogP contribution is 2.33. The van der Waals surface area contributed by atoms with Gasteiger partial charge in [-0.1, -0.05) is 22.0 Å². The minimum Gasteiger partial charge on any atom is -0.490 e. The first kappa shape index (κ1) is 13.9. The fourth-order valence-electron chi connectivity index (χ4n) is 2.26. The van der Waals surface area contributed by atoms with Crippen LogP contribution in [0.2, 0.25) is 0 Å². The zero-order valence-corrected chi connectivity index (χ0v) is 13.2. The summed E-state index contributed by atoms with van der Waals surface area (Å²) in [5.74, 6) is 0.722. The molecule has 0 fully saturated rings. The van der Waals surface area contributed by atoms with Gasteiger partial charge in [-0.05, 0) is 36.4 Å². The lowest BCUT2D eigenvalue weighted by atomic mass is 10.2. The van der Waals surface area contributed by atoms with Crippen LogP contribution in [0, 0.1) is 0 Å². The predicted octanol–water partition coefficient (Wildman–Crippen LogP) is 3.53. The molecule has 1 N–H and O–H groups in total. The van der Waals surface area contributed by atoms with Gasteiger partial charge >= 0.3 is 0 Å². The lowest BCUT2D eigenvalue weighted by Gasteiger charge is -2.28. The number of halogens is 1. The quantitative estimate of drug-likeness (QED) is 0.904. The van der Waals surface area contributed by atoms with Gasteiger partial charge in [0, 0.05) is 22.8 Å². The molecule has 1 amide bonds. The summed E-state index contributed by atoms with van der Waals surface area (Å²) in [6.07, 6.45) is 0. The van der Waals surface area contributed by atoms with E-state index in [1.807, 2.05) is 37.4 Å². The van der Waals surface area contributed by atoms with E-state index in [9.17, 15) is 4.79 Å². The first-order chi connectivity index (χ1) is 10.1. The predicted molar refractivity (Wildman–Crippen MR) is 87.3 cm³/mol. The molecule has 3 rings (SSSR count). The van der Waals surface area contributed by atoms with Crippen molar-refractivity contribution in [2.24, 2.45) is 0 Å². The van der Waals surface area contributed by atoms with Gasteiger partial charge < -0.3 is 15.0 Å². The Morgan fingerprint density at radius 1 is 1.29 bits per heavy atom. The molecule has 0 bridgehead atoms. The number of ether oxygens (including phenoxy) is 1. The van der Waals surface area contributed by atoms with Crippen molar-refractivity contribution in [3.63, 3.8) is 0 Å². The van der Waals surface area contributed by atoms with Crippen LogP contribution in [0.15, 0.2) is 46.9 Å². The number of nitrogens with zero attached hydrogens (tertiary/aromatic N) is 1. The molecule has 0 aliphatic carbocycles. The van der Waals surface area contributed by atoms with E-state index in [1.165, 1.54) is 0 Å². The van der Waals surface area contributed by atoms with E-state index < -0.39 is 0 Å². The maximum Gasteiger partial charge on any atom is 0.255 e. The Bertz CT molecular complexity index is 688. The Hall–Kier alpha value is -2.01. The summed E-state index contributed by atoms with van der Waals surface area (Å²) in [5, 5.41) is 2.91. The van der Waals surface area contributed by atoms with Gasteiger partial charge in [-0.25, -0.2) is 0 Å². The van der Waals surface area contributed by atoms with E-state index in [0.29, 0.717) is 12.2 Å². The van der Waals surface area contributed by atoms with Gasteiger partial charge in [0.15, 0.2) is 0 Å². The highest BCUT2D eigenvalue weighted by Gasteiger charge is 2.16. The maximum atomic E-state index is 12.2. The van der Waals surface area contributed by atoms with Crippen molar-refractivity contribution in [3.8, 4) is 5.75 Å². The van der Waals surface area contributed by atoms with Crippen molar-refractivity contribution in [2.75, 3.05) is 30.4 Å². The van der Waals surface area contributed by atoms with Crippen molar-refractivity contribution in [1.29, 1.82) is 0 Å². The number of carbonyl (C=O) groups is 1. The molecule has 0 spiro atoms. The van der Waals surface area contributed by atoms with E-state index in [-0.39, 0.29) is 5.91 Å². The molecule has 21 heavy (non-hydrogen) atoms. The van der Waals surface area contributed by atoms with Crippen molar-refractivity contribution in [3.05, 3.63) is 52.5 Å². The molecular weight excluding hydrogens is 332 g/mol. The lowest BCUT2D eigenvalue weighted by molar-refractivity contribution is 0.102. The largest absolute Gasteiger partial charge is 0.490 e. The van der Waals surface area contributed by atoms with Gasteiger partial charge in [-0.2, -0.15) is 0 Å². The van der Waals surface area contributed by atoms with Gasteiger partial charge in [0.2, 0.25) is 0 Å². The van der Waals surface area contributed by atoms with Crippen molar-refractivity contribution in [2.45, 2.75) is 0 Å². The molecular formula is C16H15BrN2O2. The fraction of sp³-hybridized carbons (Fsp3) is 0.188. The minimum atomic E-state index is -0.129. The number of rotatable bonds is 2. The van der Waals surface area contributed by atoms with E-state index in [4.69, 9.17) is 4.74 Å². The molecule has 108 valence electrons. The van der Waals surface area contributed by atoms with Crippen molar-refractivity contribution < 1.29 is 9.53 Å². The molecule has 0 saturated carbocycles. The summed E-state index contributed by atoms with van der Waals surface area (Å²) < 4.78 is 6.48. The van der Waals surface area contributed by atoms with Crippen molar-refractivity contribution >= 4 is 33.2 Å². The van der Waals surface area contributed by atoms with Crippen LogP contribution in [0.5, 0.6) is 5.75 Å². The van der Waals surface area contributed by atoms with Gasteiger partial charge in [0.1, 0.15) is 12.4 Å². The number of anilines is 2. The van der Waals surface area contributed by atoms with E-state index in [2.05, 4.69) is 26.1 Å². The number of amides is 1. The third-order valence-electron chi connectivity index (χ3n) is 3.40. The summed E-state index contributed by atoms with van der Waals surface area (Å²) in [7, 11) is 2.02. The summed E-state index contributed by atoms with van der Waals surface area (Å²) in [5.41, 5.74) is 2.37. The SMILES string of the molecule is CN1CCOc2ccc(NC(=O)c3cccc(Br)c3)cc21. The number of nitrogens with one attached hydrogen (secondary N) is 1. The normalized spacial score (nSPS) is 13.3. The summed E-state index contributed by atoms with van der Waals surface area (Å²) in [6, 6.07) is 13.0. The molecule has 1 aliphatic rings. The summed E-state index contributed by atoms with van der Waals surface area (Å²) >= 11 is 3.37. The van der Waals surface area contributed by atoms with E-state index >= 15 is 0 Å². The van der Waals surface area contributed by atoms with Crippen LogP contribution in [0.3, 0.4) is 0 Å². The average Bonchev–Trinajstić information content (AvgIpc) is 2.48. The van der Waals surface area contributed by atoms with Gasteiger partial charge in [-0.3, -0.25) is 4.79 Å². The Kier molecular flexibility index (Phi) is 3.84. The van der Waals surface area contributed by atoms with Gasteiger partial charge in [-0.15, -0.1) is 0 Å². The monoisotopic (exact) mass is 346 g/mol. The van der Waals surface area contributed by atoms with Crippen molar-refractivity contribution in [1.82, 2.24) is 0 Å². The van der Waals surface area contributed by atoms with E-state index in [1.54, 1.807) is 12.1 Å². The van der Waals surface area contributed by atoms with Crippen LogP contribution < -0.4 is 15.0 Å². The Morgan fingerprint density at radius 3 is 2.95 bits per heavy atom. The standard InChI is InChI=1S/C16H15BrN2O2/c1-19-7-8-21-15-6-5-13(10-14(15)19)18-16(20)11-3-2-4-12(17)9-11/h2-6,9-10H,7-8H2,1H3,(H,18,20). The fourth-order valence-corrected chi connectivity index (χ4v) is 2.66.